The summed E-state index contributed by atoms with van der Waals surface area (Å²) in [5.74, 6) is 1.57. The van der Waals surface area contributed by atoms with Crippen LogP contribution in [0, 0.1) is 0 Å². The summed E-state index contributed by atoms with van der Waals surface area (Å²) in [4.78, 5) is 0. The van der Waals surface area contributed by atoms with Crippen LogP contribution in [-0.2, 0) is 0 Å². The first-order valence-electron chi connectivity index (χ1n) is 6.95. The number of rotatable bonds is 5. The molecule has 1 aliphatic carbocycles. The van der Waals surface area contributed by atoms with E-state index in [0.717, 1.165) is 39.9 Å². The van der Waals surface area contributed by atoms with Gasteiger partial charge in [0.15, 0.2) is 0 Å². The van der Waals surface area contributed by atoms with Crippen molar-refractivity contribution in [2.45, 2.75) is 25.0 Å². The molecule has 3 nitrogen and oxygen atoms in total. The molecule has 0 aromatic heterocycles. The fraction of sp³-hybridized carbons (Fsp3) is 0.294. The highest BCUT2D eigenvalue weighted by molar-refractivity contribution is 9.10. The van der Waals surface area contributed by atoms with Crippen LogP contribution in [0.15, 0.2) is 46.9 Å². The number of hydrogen-bond donors (Lipinski definition) is 1. The monoisotopic (exact) mass is 348 g/mol. The normalized spacial score (nSPS) is 15.6. The van der Waals surface area contributed by atoms with Crippen LogP contribution in [-0.4, -0.2) is 18.3 Å². The van der Waals surface area contributed by atoms with Gasteiger partial charge in [0.05, 0.1) is 17.7 Å². The van der Waals surface area contributed by atoms with Gasteiger partial charge in [-0.15, -0.1) is 0 Å². The van der Waals surface area contributed by atoms with Gasteiger partial charge >= 0.3 is 0 Å². The standard InChI is InChI=1S/C17H17BrO3/c1-20-16-8-5-12(10-15(16)18)17(19)11-3-2-4-14(9-11)21-13-6-7-13/h2-5,8-10,13,17,19H,6-7H2,1H3. The summed E-state index contributed by atoms with van der Waals surface area (Å²) in [5, 5.41) is 10.5. The second-order valence-corrected chi connectivity index (χ2v) is 6.04. The van der Waals surface area contributed by atoms with Crippen LogP contribution in [0.4, 0.5) is 0 Å². The van der Waals surface area contributed by atoms with E-state index in [4.69, 9.17) is 9.47 Å². The van der Waals surface area contributed by atoms with Crippen molar-refractivity contribution in [3.63, 3.8) is 0 Å². The maximum absolute atomic E-state index is 10.5. The smallest absolute Gasteiger partial charge is 0.133 e. The Kier molecular flexibility index (Phi) is 4.17. The fourth-order valence-electron chi connectivity index (χ4n) is 2.18. The molecule has 0 spiro atoms. The molecule has 0 radical (unpaired) electrons. The average Bonchev–Trinajstić information content (AvgIpc) is 3.30. The second-order valence-electron chi connectivity index (χ2n) is 5.19. The molecule has 3 rings (SSSR count). The number of halogens is 1. The Morgan fingerprint density at radius 3 is 2.57 bits per heavy atom. The summed E-state index contributed by atoms with van der Waals surface area (Å²) < 4.78 is 11.8. The quantitative estimate of drug-likeness (QED) is 0.884. The summed E-state index contributed by atoms with van der Waals surface area (Å²) in [6, 6.07) is 13.2. The Bertz CT molecular complexity index is 638. The van der Waals surface area contributed by atoms with E-state index in [1.165, 1.54) is 0 Å². The molecule has 1 aliphatic rings. The van der Waals surface area contributed by atoms with Crippen LogP contribution in [0.25, 0.3) is 0 Å². The lowest BCUT2D eigenvalue weighted by Crippen LogP contribution is -2.02. The molecule has 2 aromatic carbocycles. The van der Waals surface area contributed by atoms with Crippen molar-refractivity contribution < 1.29 is 14.6 Å². The zero-order chi connectivity index (χ0) is 14.8. The minimum Gasteiger partial charge on any atom is -0.496 e. The second kappa shape index (κ2) is 6.08. The Balaban J connectivity index is 1.83. The Labute approximate surface area is 132 Å². The number of aliphatic hydroxyl groups excluding tert-OH is 1. The van der Waals surface area contributed by atoms with Gasteiger partial charge in [-0.2, -0.15) is 0 Å². The third kappa shape index (κ3) is 3.39. The van der Waals surface area contributed by atoms with E-state index in [1.54, 1.807) is 7.11 Å². The third-order valence-electron chi connectivity index (χ3n) is 3.49. The first-order valence-corrected chi connectivity index (χ1v) is 7.75. The number of aliphatic hydroxyl groups is 1. The Morgan fingerprint density at radius 1 is 1.14 bits per heavy atom. The topological polar surface area (TPSA) is 38.7 Å². The van der Waals surface area contributed by atoms with E-state index in [-0.39, 0.29) is 0 Å². The number of methoxy groups -OCH3 is 1. The first-order chi connectivity index (χ1) is 10.2. The van der Waals surface area contributed by atoms with Crippen LogP contribution in [0.1, 0.15) is 30.1 Å². The Hall–Kier alpha value is -1.52. The summed E-state index contributed by atoms with van der Waals surface area (Å²) in [7, 11) is 1.62. The van der Waals surface area contributed by atoms with Crippen LogP contribution in [0.3, 0.4) is 0 Å². The number of ether oxygens (including phenoxy) is 2. The molecule has 1 saturated carbocycles. The minimum atomic E-state index is -0.685. The van der Waals surface area contributed by atoms with E-state index >= 15 is 0 Å². The van der Waals surface area contributed by atoms with E-state index in [9.17, 15) is 5.11 Å². The van der Waals surface area contributed by atoms with Crippen molar-refractivity contribution in [1.29, 1.82) is 0 Å². The van der Waals surface area contributed by atoms with Gasteiger partial charge in [-0.3, -0.25) is 0 Å². The van der Waals surface area contributed by atoms with Crippen LogP contribution >= 0.6 is 15.9 Å². The fourth-order valence-corrected chi connectivity index (χ4v) is 2.74. The molecule has 0 amide bonds. The van der Waals surface area contributed by atoms with Crippen LogP contribution in [0.2, 0.25) is 0 Å². The number of hydrogen-bond acceptors (Lipinski definition) is 3. The highest BCUT2D eigenvalue weighted by atomic mass is 79.9. The van der Waals surface area contributed by atoms with Gasteiger partial charge in [0.1, 0.15) is 17.6 Å². The van der Waals surface area contributed by atoms with Crippen molar-refractivity contribution in [1.82, 2.24) is 0 Å². The largest absolute Gasteiger partial charge is 0.496 e. The average molecular weight is 349 g/mol. The molecule has 4 heteroatoms. The molecule has 21 heavy (non-hydrogen) atoms. The predicted molar refractivity (Wildman–Crippen MR) is 84.8 cm³/mol. The summed E-state index contributed by atoms with van der Waals surface area (Å²) in [5.41, 5.74) is 1.64. The van der Waals surface area contributed by atoms with Gasteiger partial charge in [0.2, 0.25) is 0 Å². The maximum atomic E-state index is 10.5. The zero-order valence-electron chi connectivity index (χ0n) is 11.8. The van der Waals surface area contributed by atoms with Crippen molar-refractivity contribution in [3.8, 4) is 11.5 Å². The summed E-state index contributed by atoms with van der Waals surface area (Å²) >= 11 is 3.44. The van der Waals surface area contributed by atoms with E-state index in [2.05, 4.69) is 15.9 Å². The van der Waals surface area contributed by atoms with Gasteiger partial charge in [-0.05, 0) is 64.2 Å². The van der Waals surface area contributed by atoms with E-state index < -0.39 is 6.10 Å². The molecular weight excluding hydrogens is 332 g/mol. The van der Waals surface area contributed by atoms with E-state index in [1.807, 2.05) is 42.5 Å². The highest BCUT2D eigenvalue weighted by Gasteiger charge is 2.23. The van der Waals surface area contributed by atoms with Crippen molar-refractivity contribution in [2.24, 2.45) is 0 Å². The molecule has 0 saturated heterocycles. The highest BCUT2D eigenvalue weighted by Crippen LogP contribution is 2.33. The van der Waals surface area contributed by atoms with Gasteiger partial charge in [0, 0.05) is 0 Å². The van der Waals surface area contributed by atoms with Gasteiger partial charge in [-0.1, -0.05) is 18.2 Å². The molecule has 2 aromatic rings. The lowest BCUT2D eigenvalue weighted by atomic mass is 10.0. The third-order valence-corrected chi connectivity index (χ3v) is 4.11. The van der Waals surface area contributed by atoms with Gasteiger partial charge in [0.25, 0.3) is 0 Å². The molecule has 1 N–H and O–H groups in total. The molecule has 0 aliphatic heterocycles. The Morgan fingerprint density at radius 2 is 1.90 bits per heavy atom. The zero-order valence-corrected chi connectivity index (χ0v) is 13.3. The van der Waals surface area contributed by atoms with Crippen LogP contribution < -0.4 is 9.47 Å². The SMILES string of the molecule is COc1ccc(C(O)c2cccc(OC3CC3)c2)cc1Br. The summed E-state index contributed by atoms with van der Waals surface area (Å²) in [6.45, 7) is 0. The van der Waals surface area contributed by atoms with Crippen LogP contribution in [0.5, 0.6) is 11.5 Å². The molecule has 1 atom stereocenters. The molecule has 0 bridgehead atoms. The number of benzene rings is 2. The molecule has 1 unspecified atom stereocenters. The predicted octanol–water partition coefficient (Wildman–Crippen LogP) is 4.08. The molecule has 1 fully saturated rings. The summed E-state index contributed by atoms with van der Waals surface area (Å²) in [6.07, 6.45) is 1.92. The molecule has 0 heterocycles. The lowest BCUT2D eigenvalue weighted by molar-refractivity contribution is 0.219. The lowest BCUT2D eigenvalue weighted by Gasteiger charge is -2.14. The maximum Gasteiger partial charge on any atom is 0.133 e. The van der Waals surface area contributed by atoms with Crippen molar-refractivity contribution >= 4 is 15.9 Å². The first kappa shape index (κ1) is 14.4. The van der Waals surface area contributed by atoms with Gasteiger partial charge in [-0.25, -0.2) is 0 Å². The molecule has 110 valence electrons. The minimum absolute atomic E-state index is 0.354. The van der Waals surface area contributed by atoms with E-state index in [0.29, 0.717) is 6.10 Å². The molecular formula is C17H17BrO3. The van der Waals surface area contributed by atoms with Crippen molar-refractivity contribution in [2.75, 3.05) is 7.11 Å². The van der Waals surface area contributed by atoms with Gasteiger partial charge < -0.3 is 14.6 Å². The van der Waals surface area contributed by atoms with Crippen molar-refractivity contribution in [3.05, 3.63) is 58.1 Å².